The average molecular weight is 278 g/mol. The van der Waals surface area contributed by atoms with Gasteiger partial charge in [-0.25, -0.2) is 9.59 Å². The lowest BCUT2D eigenvalue weighted by molar-refractivity contribution is -0.140. The van der Waals surface area contributed by atoms with Crippen LogP contribution in [0.2, 0.25) is 0 Å². The van der Waals surface area contributed by atoms with Crippen LogP contribution in [-0.4, -0.2) is 24.2 Å². The van der Waals surface area contributed by atoms with Crippen LogP contribution in [0.1, 0.15) is 12.5 Å². The molecule has 0 saturated carbocycles. The lowest BCUT2D eigenvalue weighted by Crippen LogP contribution is -2.04. The van der Waals surface area contributed by atoms with Crippen LogP contribution >= 0.6 is 0 Å². The minimum atomic E-state index is -0.792. The maximum atomic E-state index is 11.0. The third kappa shape index (κ3) is 7.71. The highest BCUT2D eigenvalue weighted by atomic mass is 16.5. The summed E-state index contributed by atoms with van der Waals surface area (Å²) < 4.78 is 8.97. The molecule has 5 heteroatoms. The Balaban J connectivity index is 0.000000441. The molecule has 1 aromatic carbocycles. The van der Waals surface area contributed by atoms with E-state index in [0.29, 0.717) is 12.2 Å². The van der Waals surface area contributed by atoms with E-state index in [0.717, 1.165) is 5.56 Å². The van der Waals surface area contributed by atoms with Crippen molar-refractivity contribution in [3.63, 3.8) is 0 Å². The van der Waals surface area contributed by atoms with Gasteiger partial charge >= 0.3 is 11.9 Å². The van der Waals surface area contributed by atoms with Crippen molar-refractivity contribution in [1.82, 2.24) is 0 Å². The number of rotatable bonds is 4. The van der Waals surface area contributed by atoms with Crippen LogP contribution in [-0.2, 0) is 25.7 Å². The third-order valence-electron chi connectivity index (χ3n) is 1.98. The summed E-state index contributed by atoms with van der Waals surface area (Å²) in [6.07, 6.45) is 0. The second-order valence-electron chi connectivity index (χ2n) is 3.78. The highest BCUT2D eigenvalue weighted by Gasteiger charge is 2.02. The van der Waals surface area contributed by atoms with E-state index in [-0.39, 0.29) is 5.97 Å². The minimum absolute atomic E-state index is 0.312. The molecule has 0 saturated heterocycles. The van der Waals surface area contributed by atoms with E-state index in [1.54, 1.807) is 6.92 Å². The van der Waals surface area contributed by atoms with Crippen LogP contribution in [0.5, 0.6) is 0 Å². The predicted octanol–water partition coefficient (Wildman–Crippen LogP) is 2.54. The highest BCUT2D eigenvalue weighted by Crippen LogP contribution is 2.02. The van der Waals surface area contributed by atoms with E-state index in [1.165, 1.54) is 7.11 Å². The fourth-order valence-corrected chi connectivity index (χ4v) is 0.964. The summed E-state index contributed by atoms with van der Waals surface area (Å²) in [6, 6.07) is 9.55. The molecule has 0 aliphatic rings. The molecule has 0 aliphatic heterocycles. The van der Waals surface area contributed by atoms with Gasteiger partial charge in [-0.3, -0.25) is 0 Å². The van der Waals surface area contributed by atoms with Crippen LogP contribution in [0.4, 0.5) is 0 Å². The predicted molar refractivity (Wildman–Crippen MR) is 74.8 cm³/mol. The van der Waals surface area contributed by atoms with Crippen LogP contribution in [0, 0.1) is 0 Å². The molecule has 0 aliphatic carbocycles. The number of aliphatic hydroxyl groups is 1. The van der Waals surface area contributed by atoms with Gasteiger partial charge in [0.15, 0.2) is 5.76 Å². The Morgan fingerprint density at radius 3 is 2.05 bits per heavy atom. The van der Waals surface area contributed by atoms with E-state index in [9.17, 15) is 9.59 Å². The number of hydrogen-bond acceptors (Lipinski definition) is 5. The number of benzene rings is 1. The SMILES string of the molecule is C=C(C)C(=O)OCc1ccccc1.C=C(O)C(=O)OC. The average Bonchev–Trinajstić information content (AvgIpc) is 2.45. The normalized spacial score (nSPS) is 8.70. The maximum Gasteiger partial charge on any atom is 0.372 e. The maximum absolute atomic E-state index is 11.0. The van der Waals surface area contributed by atoms with Gasteiger partial charge in [-0.15, -0.1) is 0 Å². The number of carbonyl (C=O) groups excluding carboxylic acids is 2. The first-order valence-corrected chi connectivity index (χ1v) is 5.71. The van der Waals surface area contributed by atoms with Gasteiger partial charge in [0.25, 0.3) is 0 Å². The zero-order chi connectivity index (χ0) is 15.5. The molecule has 1 rings (SSSR count). The van der Waals surface area contributed by atoms with Crippen molar-refractivity contribution in [2.24, 2.45) is 0 Å². The van der Waals surface area contributed by atoms with E-state index >= 15 is 0 Å². The van der Waals surface area contributed by atoms with Crippen LogP contribution in [0.15, 0.2) is 54.8 Å². The molecule has 20 heavy (non-hydrogen) atoms. The number of hydrogen-bond donors (Lipinski definition) is 1. The molecule has 0 bridgehead atoms. The summed E-state index contributed by atoms with van der Waals surface area (Å²) in [5.41, 5.74) is 1.41. The lowest BCUT2D eigenvalue weighted by Gasteiger charge is -2.03. The Bertz CT molecular complexity index is 476. The molecule has 0 fully saturated rings. The van der Waals surface area contributed by atoms with Crippen molar-refractivity contribution in [2.75, 3.05) is 7.11 Å². The number of carbonyl (C=O) groups is 2. The highest BCUT2D eigenvalue weighted by molar-refractivity contribution is 5.86. The summed E-state index contributed by atoms with van der Waals surface area (Å²) in [4.78, 5) is 20.9. The molecule has 1 aromatic rings. The second-order valence-corrected chi connectivity index (χ2v) is 3.78. The second kappa shape index (κ2) is 9.38. The van der Waals surface area contributed by atoms with Crippen molar-refractivity contribution >= 4 is 11.9 Å². The summed E-state index contributed by atoms with van der Waals surface area (Å²) >= 11 is 0. The fourth-order valence-electron chi connectivity index (χ4n) is 0.964. The fraction of sp³-hybridized carbons (Fsp3) is 0.200. The number of esters is 2. The first kappa shape index (κ1) is 17.4. The molecule has 0 heterocycles. The standard InChI is InChI=1S/C11H12O2.C4H6O3/c1-9(2)11(12)13-8-10-6-4-3-5-7-10;1-3(5)4(6)7-2/h3-7H,1,8H2,2H3;5H,1H2,2H3. The zero-order valence-corrected chi connectivity index (χ0v) is 11.6. The molecule has 0 aromatic heterocycles. The molecule has 0 radical (unpaired) electrons. The largest absolute Gasteiger partial charge is 0.502 e. The van der Waals surface area contributed by atoms with Gasteiger partial charge in [0, 0.05) is 5.57 Å². The monoisotopic (exact) mass is 278 g/mol. The van der Waals surface area contributed by atoms with E-state index in [1.807, 2.05) is 30.3 Å². The Morgan fingerprint density at radius 2 is 1.70 bits per heavy atom. The zero-order valence-electron chi connectivity index (χ0n) is 11.6. The molecule has 108 valence electrons. The van der Waals surface area contributed by atoms with Gasteiger partial charge in [0.1, 0.15) is 6.61 Å². The van der Waals surface area contributed by atoms with Crippen molar-refractivity contribution in [2.45, 2.75) is 13.5 Å². The van der Waals surface area contributed by atoms with Crippen molar-refractivity contribution in [1.29, 1.82) is 0 Å². The van der Waals surface area contributed by atoms with E-state index in [4.69, 9.17) is 9.84 Å². The van der Waals surface area contributed by atoms with Gasteiger partial charge in [-0.1, -0.05) is 36.9 Å². The summed E-state index contributed by atoms with van der Waals surface area (Å²) in [7, 11) is 1.17. The molecule has 0 unspecified atom stereocenters. The number of methoxy groups -OCH3 is 1. The molecular formula is C15H18O5. The van der Waals surface area contributed by atoms with Crippen LogP contribution in [0.25, 0.3) is 0 Å². The Morgan fingerprint density at radius 1 is 1.15 bits per heavy atom. The Kier molecular flexibility index (Phi) is 8.18. The van der Waals surface area contributed by atoms with Crippen molar-refractivity contribution < 1.29 is 24.2 Å². The van der Waals surface area contributed by atoms with Crippen LogP contribution < -0.4 is 0 Å². The van der Waals surface area contributed by atoms with Gasteiger partial charge < -0.3 is 14.6 Å². The summed E-state index contributed by atoms with van der Waals surface area (Å²) in [5.74, 6) is -1.70. The summed E-state index contributed by atoms with van der Waals surface area (Å²) in [5, 5.41) is 8.15. The van der Waals surface area contributed by atoms with E-state index in [2.05, 4.69) is 17.9 Å². The van der Waals surface area contributed by atoms with E-state index < -0.39 is 11.7 Å². The topological polar surface area (TPSA) is 72.8 Å². The van der Waals surface area contributed by atoms with Crippen molar-refractivity contribution in [3.8, 4) is 0 Å². The first-order chi connectivity index (χ1) is 9.38. The quantitative estimate of drug-likeness (QED) is 0.520. The van der Waals surface area contributed by atoms with Crippen molar-refractivity contribution in [3.05, 3.63) is 60.4 Å². The Hall–Kier alpha value is -2.56. The van der Waals surface area contributed by atoms with Gasteiger partial charge in [0.05, 0.1) is 7.11 Å². The van der Waals surface area contributed by atoms with Gasteiger partial charge in [-0.05, 0) is 19.1 Å². The Labute approximate surface area is 118 Å². The van der Waals surface area contributed by atoms with Gasteiger partial charge in [-0.2, -0.15) is 0 Å². The summed E-state index contributed by atoms with van der Waals surface area (Å²) in [6.45, 7) is 8.34. The van der Waals surface area contributed by atoms with Crippen LogP contribution in [0.3, 0.4) is 0 Å². The molecular weight excluding hydrogens is 260 g/mol. The molecule has 0 amide bonds. The minimum Gasteiger partial charge on any atom is -0.502 e. The molecule has 1 N–H and O–H groups in total. The molecule has 0 spiro atoms. The molecule has 5 nitrogen and oxygen atoms in total. The lowest BCUT2D eigenvalue weighted by atomic mass is 10.2. The number of aliphatic hydroxyl groups excluding tert-OH is 1. The smallest absolute Gasteiger partial charge is 0.372 e. The molecule has 0 atom stereocenters. The van der Waals surface area contributed by atoms with Gasteiger partial charge in [0.2, 0.25) is 0 Å². The first-order valence-electron chi connectivity index (χ1n) is 5.71. The number of ether oxygens (including phenoxy) is 2. The third-order valence-corrected chi connectivity index (χ3v) is 1.98.